The van der Waals surface area contributed by atoms with E-state index in [0.29, 0.717) is 19.8 Å². The predicted octanol–water partition coefficient (Wildman–Crippen LogP) is 1.97. The molecule has 0 saturated heterocycles. The fourth-order valence-electron chi connectivity index (χ4n) is 1.97. The Balaban J connectivity index is 3.03. The molecule has 106 valence electrons. The van der Waals surface area contributed by atoms with E-state index in [-0.39, 0.29) is 12.0 Å². The molecule has 0 amide bonds. The molecule has 0 atom stereocenters. The lowest BCUT2D eigenvalue weighted by atomic mass is 10.4. The molecule has 0 aliphatic carbocycles. The van der Waals surface area contributed by atoms with Gasteiger partial charge in [-0.25, -0.2) is 0 Å². The summed E-state index contributed by atoms with van der Waals surface area (Å²) >= 11 is 0. The van der Waals surface area contributed by atoms with Crippen LogP contribution < -0.4 is 5.19 Å². The number of hydrogen-bond donors (Lipinski definition) is 0. The van der Waals surface area contributed by atoms with Gasteiger partial charge in [-0.1, -0.05) is 30.3 Å². The van der Waals surface area contributed by atoms with Gasteiger partial charge in [0.25, 0.3) is 0 Å². The van der Waals surface area contributed by atoms with Gasteiger partial charge in [0.15, 0.2) is 0 Å². The molecule has 0 saturated carbocycles. The van der Waals surface area contributed by atoms with Gasteiger partial charge in [-0.3, -0.25) is 4.79 Å². The quantitative estimate of drug-likeness (QED) is 0.540. The van der Waals surface area contributed by atoms with Crippen LogP contribution in [0.4, 0.5) is 0 Å². The van der Waals surface area contributed by atoms with Gasteiger partial charge in [0.05, 0.1) is 12.7 Å². The minimum Gasteiger partial charge on any atom is -0.466 e. The average Bonchev–Trinajstić information content (AvgIpc) is 2.40. The molecule has 1 aromatic carbocycles. The molecule has 1 rings (SSSR count). The fraction of sp³-hybridized carbons (Fsp3) is 0.500. The smallest absolute Gasteiger partial charge is 0.383 e. The number of hydrogen-bond acceptors (Lipinski definition) is 4. The molecular weight excluding hydrogens is 260 g/mol. The second-order valence-corrected chi connectivity index (χ2v) is 6.98. The summed E-state index contributed by atoms with van der Waals surface area (Å²) in [5, 5.41) is 0.965. The second kappa shape index (κ2) is 8.09. The Labute approximate surface area is 115 Å². The number of benzene rings is 1. The molecule has 0 radical (unpaired) electrons. The lowest BCUT2D eigenvalue weighted by molar-refractivity contribution is -0.140. The summed E-state index contributed by atoms with van der Waals surface area (Å²) in [5.41, 5.74) is 0. The summed E-state index contributed by atoms with van der Waals surface area (Å²) in [6, 6.07) is 9.89. The van der Waals surface area contributed by atoms with Crippen LogP contribution >= 0.6 is 0 Å². The van der Waals surface area contributed by atoms with E-state index in [1.54, 1.807) is 6.92 Å². The van der Waals surface area contributed by atoms with Crippen LogP contribution in [-0.4, -0.2) is 34.4 Å². The van der Waals surface area contributed by atoms with Crippen molar-refractivity contribution in [3.05, 3.63) is 30.3 Å². The summed E-state index contributed by atoms with van der Waals surface area (Å²) in [5.74, 6) is -0.264. The number of rotatable bonds is 8. The van der Waals surface area contributed by atoms with E-state index in [1.807, 2.05) is 44.2 Å². The lowest BCUT2D eigenvalue weighted by Crippen LogP contribution is -2.55. The van der Waals surface area contributed by atoms with Crippen LogP contribution in [0.25, 0.3) is 0 Å². The van der Waals surface area contributed by atoms with Gasteiger partial charge in [-0.15, -0.1) is 0 Å². The maximum Gasteiger partial charge on any atom is 0.383 e. The standard InChI is InChI=1S/C14H22O4Si/c1-4-16-14(15)12-19(17-5-2,18-6-3)13-10-8-7-9-11-13/h7-11H,4-6,12H2,1-3H3. The maximum atomic E-state index is 11.8. The van der Waals surface area contributed by atoms with Gasteiger partial charge < -0.3 is 13.6 Å². The van der Waals surface area contributed by atoms with Gasteiger partial charge in [0.1, 0.15) is 0 Å². The number of esters is 1. The molecule has 19 heavy (non-hydrogen) atoms. The van der Waals surface area contributed by atoms with Crippen LogP contribution in [0.1, 0.15) is 20.8 Å². The zero-order chi connectivity index (χ0) is 14.1. The highest BCUT2D eigenvalue weighted by Gasteiger charge is 2.42. The average molecular weight is 282 g/mol. The SMILES string of the molecule is CCOC(=O)C[Si](OCC)(OCC)c1ccccc1. The summed E-state index contributed by atoms with van der Waals surface area (Å²) in [6.07, 6.45) is 0. The van der Waals surface area contributed by atoms with Gasteiger partial charge >= 0.3 is 14.5 Å². The Morgan fingerprint density at radius 2 is 1.58 bits per heavy atom. The molecule has 0 N–H and O–H groups in total. The zero-order valence-corrected chi connectivity index (χ0v) is 12.8. The molecule has 0 aliphatic rings. The summed E-state index contributed by atoms with van der Waals surface area (Å²) < 4.78 is 16.8. The van der Waals surface area contributed by atoms with Crippen molar-refractivity contribution < 1.29 is 18.4 Å². The first-order valence-corrected chi connectivity index (χ1v) is 8.70. The molecule has 0 heterocycles. The van der Waals surface area contributed by atoms with Crippen molar-refractivity contribution in [1.82, 2.24) is 0 Å². The van der Waals surface area contributed by atoms with E-state index in [2.05, 4.69) is 0 Å². The van der Waals surface area contributed by atoms with Gasteiger partial charge in [0.2, 0.25) is 0 Å². The summed E-state index contributed by atoms with van der Waals surface area (Å²) in [4.78, 5) is 11.8. The van der Waals surface area contributed by atoms with E-state index in [0.717, 1.165) is 5.19 Å². The van der Waals surface area contributed by atoms with Gasteiger partial charge in [-0.2, -0.15) is 0 Å². The topological polar surface area (TPSA) is 44.8 Å². The first kappa shape index (κ1) is 15.9. The highest BCUT2D eigenvalue weighted by atomic mass is 28.4. The normalized spacial score (nSPS) is 11.3. The minimum atomic E-state index is -2.75. The molecule has 0 aliphatic heterocycles. The van der Waals surface area contributed by atoms with E-state index >= 15 is 0 Å². The Morgan fingerprint density at radius 3 is 2.05 bits per heavy atom. The van der Waals surface area contributed by atoms with Crippen molar-refractivity contribution in [2.75, 3.05) is 19.8 Å². The molecule has 0 fully saturated rings. The van der Waals surface area contributed by atoms with E-state index in [9.17, 15) is 4.79 Å². The third-order valence-corrected chi connectivity index (χ3v) is 6.13. The molecule has 0 bridgehead atoms. The van der Waals surface area contributed by atoms with Crippen molar-refractivity contribution in [3.8, 4) is 0 Å². The first-order chi connectivity index (χ1) is 9.18. The van der Waals surface area contributed by atoms with Gasteiger partial charge in [-0.05, 0) is 26.0 Å². The minimum absolute atomic E-state index is 0.187. The Kier molecular flexibility index (Phi) is 6.76. The van der Waals surface area contributed by atoms with Crippen LogP contribution in [0.2, 0.25) is 6.04 Å². The summed E-state index contributed by atoms with van der Waals surface area (Å²) in [6.45, 7) is 7.02. The molecule has 5 heteroatoms. The van der Waals surface area contributed by atoms with Crippen LogP contribution in [-0.2, 0) is 18.4 Å². The molecule has 0 unspecified atom stereocenters. The number of carbonyl (C=O) groups excluding carboxylic acids is 1. The number of carbonyl (C=O) groups is 1. The molecule has 0 spiro atoms. The first-order valence-electron chi connectivity index (χ1n) is 6.67. The summed E-state index contributed by atoms with van der Waals surface area (Å²) in [7, 11) is -2.75. The number of ether oxygens (including phenoxy) is 1. The molecule has 0 aromatic heterocycles. The fourth-order valence-corrected chi connectivity index (χ4v) is 4.91. The van der Waals surface area contributed by atoms with Gasteiger partial charge in [0, 0.05) is 13.2 Å². The van der Waals surface area contributed by atoms with Crippen LogP contribution in [0.5, 0.6) is 0 Å². The van der Waals surface area contributed by atoms with E-state index in [1.165, 1.54) is 0 Å². The third-order valence-electron chi connectivity index (χ3n) is 2.65. The predicted molar refractivity (Wildman–Crippen MR) is 76.5 cm³/mol. The van der Waals surface area contributed by atoms with Crippen molar-refractivity contribution in [1.29, 1.82) is 0 Å². The highest BCUT2D eigenvalue weighted by molar-refractivity contribution is 6.83. The maximum absolute atomic E-state index is 11.8. The Bertz CT molecular complexity index is 374. The van der Waals surface area contributed by atoms with E-state index in [4.69, 9.17) is 13.6 Å². The van der Waals surface area contributed by atoms with Crippen molar-refractivity contribution in [2.45, 2.75) is 26.8 Å². The van der Waals surface area contributed by atoms with Crippen LogP contribution in [0.15, 0.2) is 30.3 Å². The molecular formula is C14H22O4Si. The molecule has 1 aromatic rings. The zero-order valence-electron chi connectivity index (χ0n) is 11.8. The van der Waals surface area contributed by atoms with E-state index < -0.39 is 8.56 Å². The Hall–Kier alpha value is -1.17. The van der Waals surface area contributed by atoms with Crippen molar-refractivity contribution >= 4 is 19.7 Å². The monoisotopic (exact) mass is 282 g/mol. The largest absolute Gasteiger partial charge is 0.466 e. The van der Waals surface area contributed by atoms with Crippen molar-refractivity contribution in [3.63, 3.8) is 0 Å². The highest BCUT2D eigenvalue weighted by Crippen LogP contribution is 2.15. The lowest BCUT2D eigenvalue weighted by Gasteiger charge is -2.29. The van der Waals surface area contributed by atoms with Crippen LogP contribution in [0, 0.1) is 0 Å². The van der Waals surface area contributed by atoms with Crippen LogP contribution in [0.3, 0.4) is 0 Å². The molecule has 4 nitrogen and oxygen atoms in total. The third kappa shape index (κ3) is 4.45. The Morgan fingerprint density at radius 1 is 1.00 bits per heavy atom. The van der Waals surface area contributed by atoms with Crippen molar-refractivity contribution in [2.24, 2.45) is 0 Å². The second-order valence-electron chi connectivity index (χ2n) is 3.97.